The second-order valence-corrected chi connectivity index (χ2v) is 5.05. The van der Waals surface area contributed by atoms with E-state index in [9.17, 15) is 0 Å². The molecule has 2 N–H and O–H groups in total. The summed E-state index contributed by atoms with van der Waals surface area (Å²) in [6.07, 6.45) is 1.66. The monoisotopic (exact) mass is 245 g/mol. The molecule has 0 amide bonds. The Balaban J connectivity index is 2.56. The highest BCUT2D eigenvalue weighted by Crippen LogP contribution is 2.17. The molecule has 1 rings (SSSR count). The Morgan fingerprint density at radius 2 is 2.17 bits per heavy atom. The average molecular weight is 245 g/mol. The first-order chi connectivity index (χ1) is 8.48. The van der Waals surface area contributed by atoms with Crippen molar-refractivity contribution in [2.45, 2.75) is 39.2 Å². The van der Waals surface area contributed by atoms with Crippen LogP contribution in [0.3, 0.4) is 0 Å². The number of benzene rings is 1. The average Bonchev–Trinajstić information content (AvgIpc) is 2.34. The van der Waals surface area contributed by atoms with E-state index < -0.39 is 5.54 Å². The Bertz CT molecular complexity index is 418. The smallest absolute Gasteiger partial charge is 0.101 e. The van der Waals surface area contributed by atoms with E-state index in [1.807, 2.05) is 0 Å². The van der Waals surface area contributed by atoms with Gasteiger partial charge in [-0.25, -0.2) is 0 Å². The van der Waals surface area contributed by atoms with Gasteiger partial charge in [0.05, 0.1) is 6.07 Å². The van der Waals surface area contributed by atoms with Crippen LogP contribution in [-0.4, -0.2) is 18.6 Å². The summed E-state index contributed by atoms with van der Waals surface area (Å²) in [5, 5.41) is 8.88. The summed E-state index contributed by atoms with van der Waals surface area (Å²) in [6.45, 7) is 7.94. The van der Waals surface area contributed by atoms with Crippen LogP contribution in [-0.2, 0) is 0 Å². The van der Waals surface area contributed by atoms with E-state index >= 15 is 0 Å². The molecule has 3 nitrogen and oxygen atoms in total. The van der Waals surface area contributed by atoms with Crippen LogP contribution in [0.1, 0.15) is 32.3 Å². The van der Waals surface area contributed by atoms with Crippen molar-refractivity contribution in [2.24, 2.45) is 5.73 Å². The molecule has 0 aliphatic heterocycles. The van der Waals surface area contributed by atoms with Crippen LogP contribution in [0.25, 0.3) is 0 Å². The number of nitrogens with two attached hydrogens (primary N) is 1. The molecule has 0 aliphatic rings. The number of hydrogen-bond acceptors (Lipinski definition) is 3. The first kappa shape index (κ1) is 14.5. The first-order valence-corrected chi connectivity index (χ1v) is 6.50. The number of nitriles is 1. The molecular weight excluding hydrogens is 222 g/mol. The number of aryl methyl sites for hydroxylation is 1. The normalized spacial score (nSPS) is 13.7. The van der Waals surface area contributed by atoms with Gasteiger partial charge in [0.25, 0.3) is 0 Å². The predicted molar refractivity (Wildman–Crippen MR) is 76.5 cm³/mol. The lowest BCUT2D eigenvalue weighted by Gasteiger charge is -2.25. The minimum Gasteiger partial charge on any atom is -0.372 e. The lowest BCUT2D eigenvalue weighted by molar-refractivity contribution is 0.519. The Hall–Kier alpha value is -1.53. The molecule has 1 atom stereocenters. The molecule has 0 bridgehead atoms. The van der Waals surface area contributed by atoms with Gasteiger partial charge in [-0.05, 0) is 51.3 Å². The molecule has 98 valence electrons. The van der Waals surface area contributed by atoms with Gasteiger partial charge >= 0.3 is 0 Å². The van der Waals surface area contributed by atoms with Crippen molar-refractivity contribution >= 4 is 5.69 Å². The number of hydrogen-bond donors (Lipinski definition) is 1. The number of anilines is 1. The van der Waals surface area contributed by atoms with Crippen LogP contribution < -0.4 is 10.6 Å². The molecular formula is C15H23N3. The summed E-state index contributed by atoms with van der Waals surface area (Å²) >= 11 is 0. The topological polar surface area (TPSA) is 53.0 Å². The first-order valence-electron chi connectivity index (χ1n) is 6.50. The van der Waals surface area contributed by atoms with Crippen LogP contribution in [0.4, 0.5) is 5.69 Å². The minimum absolute atomic E-state index is 0.702. The summed E-state index contributed by atoms with van der Waals surface area (Å²) in [4.78, 5) is 2.32. The highest BCUT2D eigenvalue weighted by Gasteiger charge is 2.17. The van der Waals surface area contributed by atoms with Crippen molar-refractivity contribution in [2.75, 3.05) is 18.0 Å². The summed E-state index contributed by atoms with van der Waals surface area (Å²) < 4.78 is 0. The standard InChI is InChI=1S/C15H23N3/c1-4-18(10-6-9-15(3,17)12-16)14-8-5-7-13(2)11-14/h5,7-8,11H,4,6,9-10,17H2,1-3H3. The van der Waals surface area contributed by atoms with Crippen molar-refractivity contribution in [1.82, 2.24) is 0 Å². The zero-order chi connectivity index (χ0) is 13.6. The number of rotatable bonds is 6. The Labute approximate surface area is 110 Å². The maximum atomic E-state index is 8.88. The molecule has 0 saturated carbocycles. The van der Waals surface area contributed by atoms with Crippen LogP contribution in [0.2, 0.25) is 0 Å². The Kier molecular flexibility index (Phi) is 5.18. The van der Waals surface area contributed by atoms with Crippen molar-refractivity contribution in [3.05, 3.63) is 29.8 Å². The van der Waals surface area contributed by atoms with Gasteiger partial charge in [0.15, 0.2) is 0 Å². The predicted octanol–water partition coefficient (Wildman–Crippen LogP) is 2.84. The van der Waals surface area contributed by atoms with Gasteiger partial charge in [-0.2, -0.15) is 5.26 Å². The maximum absolute atomic E-state index is 8.88. The minimum atomic E-state index is -0.702. The highest BCUT2D eigenvalue weighted by atomic mass is 15.1. The van der Waals surface area contributed by atoms with Gasteiger partial charge in [0.1, 0.15) is 5.54 Å². The SMILES string of the molecule is CCN(CCCC(C)(N)C#N)c1cccc(C)c1. The van der Waals surface area contributed by atoms with E-state index in [1.54, 1.807) is 6.92 Å². The fourth-order valence-corrected chi connectivity index (χ4v) is 1.99. The van der Waals surface area contributed by atoms with Gasteiger partial charge < -0.3 is 10.6 Å². The third kappa shape index (κ3) is 4.38. The van der Waals surface area contributed by atoms with Gasteiger partial charge in [0.2, 0.25) is 0 Å². The molecule has 0 fully saturated rings. The van der Waals surface area contributed by atoms with E-state index in [0.717, 1.165) is 25.9 Å². The van der Waals surface area contributed by atoms with E-state index in [-0.39, 0.29) is 0 Å². The summed E-state index contributed by atoms with van der Waals surface area (Å²) in [7, 11) is 0. The van der Waals surface area contributed by atoms with Crippen LogP contribution in [0, 0.1) is 18.3 Å². The van der Waals surface area contributed by atoms with Crippen LogP contribution >= 0.6 is 0 Å². The molecule has 1 aromatic rings. The maximum Gasteiger partial charge on any atom is 0.101 e. The molecule has 0 heterocycles. The zero-order valence-corrected chi connectivity index (χ0v) is 11.6. The van der Waals surface area contributed by atoms with Crippen molar-refractivity contribution in [3.63, 3.8) is 0 Å². The Morgan fingerprint density at radius 3 is 2.72 bits per heavy atom. The quantitative estimate of drug-likeness (QED) is 0.838. The molecule has 1 aromatic carbocycles. The molecule has 0 spiro atoms. The second-order valence-electron chi connectivity index (χ2n) is 5.05. The largest absolute Gasteiger partial charge is 0.372 e. The summed E-state index contributed by atoms with van der Waals surface area (Å²) in [5.74, 6) is 0. The van der Waals surface area contributed by atoms with E-state index in [1.165, 1.54) is 11.3 Å². The van der Waals surface area contributed by atoms with Crippen LogP contribution in [0.15, 0.2) is 24.3 Å². The lowest BCUT2D eigenvalue weighted by Crippen LogP contribution is -2.35. The van der Waals surface area contributed by atoms with E-state index in [0.29, 0.717) is 0 Å². The van der Waals surface area contributed by atoms with Gasteiger partial charge in [-0.3, -0.25) is 0 Å². The molecule has 0 aliphatic carbocycles. The molecule has 0 radical (unpaired) electrons. The number of nitrogens with zero attached hydrogens (tertiary/aromatic N) is 2. The molecule has 0 saturated heterocycles. The van der Waals surface area contributed by atoms with Gasteiger partial charge in [-0.1, -0.05) is 12.1 Å². The fraction of sp³-hybridized carbons (Fsp3) is 0.533. The van der Waals surface area contributed by atoms with Crippen molar-refractivity contribution in [1.29, 1.82) is 5.26 Å². The molecule has 3 heteroatoms. The molecule has 0 aromatic heterocycles. The third-order valence-corrected chi connectivity index (χ3v) is 3.13. The van der Waals surface area contributed by atoms with E-state index in [2.05, 4.69) is 49.1 Å². The summed E-state index contributed by atoms with van der Waals surface area (Å²) in [5.41, 5.74) is 7.64. The van der Waals surface area contributed by atoms with Gasteiger partial charge in [0, 0.05) is 18.8 Å². The lowest BCUT2D eigenvalue weighted by atomic mass is 9.99. The third-order valence-electron chi connectivity index (χ3n) is 3.13. The molecule has 1 unspecified atom stereocenters. The fourth-order valence-electron chi connectivity index (χ4n) is 1.99. The van der Waals surface area contributed by atoms with Crippen molar-refractivity contribution < 1.29 is 0 Å². The van der Waals surface area contributed by atoms with Crippen molar-refractivity contribution in [3.8, 4) is 6.07 Å². The van der Waals surface area contributed by atoms with Gasteiger partial charge in [-0.15, -0.1) is 0 Å². The Morgan fingerprint density at radius 1 is 1.44 bits per heavy atom. The van der Waals surface area contributed by atoms with E-state index in [4.69, 9.17) is 11.0 Å². The molecule has 18 heavy (non-hydrogen) atoms. The second kappa shape index (κ2) is 6.42. The van der Waals surface area contributed by atoms with Crippen LogP contribution in [0.5, 0.6) is 0 Å². The highest BCUT2D eigenvalue weighted by molar-refractivity contribution is 5.48. The zero-order valence-electron chi connectivity index (χ0n) is 11.6. The summed E-state index contributed by atoms with van der Waals surface area (Å²) in [6, 6.07) is 10.6.